The van der Waals surface area contributed by atoms with E-state index in [2.05, 4.69) is 5.32 Å². The fraction of sp³-hybridized carbons (Fsp3) is 0.263. The molecule has 2 aromatic rings. The van der Waals surface area contributed by atoms with E-state index in [-0.39, 0.29) is 11.8 Å². The molecule has 0 saturated heterocycles. The maximum absolute atomic E-state index is 12.7. The number of anilines is 1. The molecule has 1 atom stereocenters. The number of carbonyl (C=O) groups excluding carboxylic acids is 2. The SMILES string of the molecule is CC(=O)N[C@@H]1C(=O)N(CCOc2ccccc2C)c2ccccc21. The van der Waals surface area contributed by atoms with E-state index in [0.717, 1.165) is 22.6 Å². The molecule has 5 heteroatoms. The Morgan fingerprint density at radius 2 is 1.88 bits per heavy atom. The summed E-state index contributed by atoms with van der Waals surface area (Å²) in [7, 11) is 0. The Labute approximate surface area is 141 Å². The molecule has 3 rings (SSSR count). The first-order valence-corrected chi connectivity index (χ1v) is 7.94. The van der Waals surface area contributed by atoms with Gasteiger partial charge in [-0.2, -0.15) is 0 Å². The molecule has 0 bridgehead atoms. The molecule has 0 spiro atoms. The van der Waals surface area contributed by atoms with Crippen LogP contribution in [0.1, 0.15) is 24.1 Å². The molecule has 0 radical (unpaired) electrons. The number of nitrogens with zero attached hydrogens (tertiary/aromatic N) is 1. The third-order valence-electron chi connectivity index (χ3n) is 4.07. The first-order valence-electron chi connectivity index (χ1n) is 7.94. The van der Waals surface area contributed by atoms with Gasteiger partial charge in [-0.25, -0.2) is 0 Å². The van der Waals surface area contributed by atoms with Crippen molar-refractivity contribution in [2.45, 2.75) is 19.9 Å². The van der Waals surface area contributed by atoms with E-state index in [0.29, 0.717) is 13.2 Å². The van der Waals surface area contributed by atoms with Crippen LogP contribution in [0.25, 0.3) is 0 Å². The summed E-state index contributed by atoms with van der Waals surface area (Å²) in [5, 5.41) is 2.72. The van der Waals surface area contributed by atoms with Gasteiger partial charge >= 0.3 is 0 Å². The van der Waals surface area contributed by atoms with Gasteiger partial charge in [-0.3, -0.25) is 9.59 Å². The number of carbonyl (C=O) groups is 2. The third kappa shape index (κ3) is 3.11. The summed E-state index contributed by atoms with van der Waals surface area (Å²) in [5.74, 6) is 0.469. The molecular weight excluding hydrogens is 304 g/mol. The molecule has 1 aliphatic heterocycles. The third-order valence-corrected chi connectivity index (χ3v) is 4.07. The molecule has 2 amide bonds. The lowest BCUT2D eigenvalue weighted by Crippen LogP contribution is -2.38. The zero-order chi connectivity index (χ0) is 17.1. The van der Waals surface area contributed by atoms with Gasteiger partial charge in [0.15, 0.2) is 0 Å². The minimum atomic E-state index is -0.614. The van der Waals surface area contributed by atoms with E-state index in [9.17, 15) is 9.59 Å². The summed E-state index contributed by atoms with van der Waals surface area (Å²) in [4.78, 5) is 25.7. The molecule has 0 aromatic heterocycles. The Balaban J connectivity index is 1.73. The van der Waals surface area contributed by atoms with Crippen LogP contribution >= 0.6 is 0 Å². The predicted molar refractivity (Wildman–Crippen MR) is 92.0 cm³/mol. The molecule has 2 aromatic carbocycles. The smallest absolute Gasteiger partial charge is 0.254 e. The predicted octanol–water partition coefficient (Wildman–Crippen LogP) is 2.60. The number of fused-ring (bicyclic) bond motifs is 1. The number of ether oxygens (including phenoxy) is 1. The van der Waals surface area contributed by atoms with Crippen molar-refractivity contribution in [1.29, 1.82) is 0 Å². The normalized spacial score (nSPS) is 16.0. The van der Waals surface area contributed by atoms with Crippen molar-refractivity contribution >= 4 is 17.5 Å². The van der Waals surface area contributed by atoms with Crippen molar-refractivity contribution in [2.24, 2.45) is 0 Å². The van der Waals surface area contributed by atoms with Crippen molar-refractivity contribution in [3.63, 3.8) is 0 Å². The quantitative estimate of drug-likeness (QED) is 0.920. The molecule has 5 nitrogen and oxygen atoms in total. The standard InChI is InChI=1S/C19H20N2O3/c1-13-7-3-6-10-17(13)24-12-11-21-16-9-5-4-8-15(16)18(19(21)23)20-14(2)22/h3-10,18H,11-12H2,1-2H3,(H,20,22)/t18-/m0/s1. The van der Waals surface area contributed by atoms with Crippen LogP contribution in [-0.2, 0) is 9.59 Å². The van der Waals surface area contributed by atoms with E-state index < -0.39 is 6.04 Å². The van der Waals surface area contributed by atoms with Crippen molar-refractivity contribution in [3.8, 4) is 5.75 Å². The van der Waals surface area contributed by atoms with Gasteiger partial charge in [-0.15, -0.1) is 0 Å². The monoisotopic (exact) mass is 324 g/mol. The Kier molecular flexibility index (Phi) is 4.51. The van der Waals surface area contributed by atoms with Crippen molar-refractivity contribution < 1.29 is 14.3 Å². The van der Waals surface area contributed by atoms with Crippen LogP contribution in [0.4, 0.5) is 5.69 Å². The highest BCUT2D eigenvalue weighted by Gasteiger charge is 2.37. The van der Waals surface area contributed by atoms with Crippen LogP contribution in [0, 0.1) is 6.92 Å². The molecular formula is C19H20N2O3. The van der Waals surface area contributed by atoms with Gasteiger partial charge in [0.25, 0.3) is 5.91 Å². The number of para-hydroxylation sites is 2. The molecule has 124 valence electrons. The van der Waals surface area contributed by atoms with Gasteiger partial charge in [-0.05, 0) is 24.6 Å². The number of amides is 2. The van der Waals surface area contributed by atoms with Gasteiger partial charge in [0.05, 0.1) is 6.54 Å². The van der Waals surface area contributed by atoms with Gasteiger partial charge in [0.2, 0.25) is 5.91 Å². The van der Waals surface area contributed by atoms with Crippen LogP contribution in [0.3, 0.4) is 0 Å². The van der Waals surface area contributed by atoms with Crippen LogP contribution in [0.15, 0.2) is 48.5 Å². The topological polar surface area (TPSA) is 58.6 Å². The van der Waals surface area contributed by atoms with Crippen LogP contribution in [0.5, 0.6) is 5.75 Å². The highest BCUT2D eigenvalue weighted by molar-refractivity contribution is 6.06. The average molecular weight is 324 g/mol. The number of benzene rings is 2. The Hall–Kier alpha value is -2.82. The first-order chi connectivity index (χ1) is 11.6. The minimum absolute atomic E-state index is 0.125. The van der Waals surface area contributed by atoms with Crippen LogP contribution in [0.2, 0.25) is 0 Å². The van der Waals surface area contributed by atoms with Crippen LogP contribution in [-0.4, -0.2) is 25.0 Å². The fourth-order valence-electron chi connectivity index (χ4n) is 2.92. The lowest BCUT2D eigenvalue weighted by molar-refractivity contribution is -0.126. The van der Waals surface area contributed by atoms with Crippen LogP contribution < -0.4 is 15.0 Å². The van der Waals surface area contributed by atoms with Gasteiger partial charge < -0.3 is 15.0 Å². The van der Waals surface area contributed by atoms with E-state index in [4.69, 9.17) is 4.74 Å². The summed E-state index contributed by atoms with van der Waals surface area (Å²) in [6, 6.07) is 14.7. The summed E-state index contributed by atoms with van der Waals surface area (Å²) < 4.78 is 5.80. The van der Waals surface area contributed by atoms with E-state index >= 15 is 0 Å². The minimum Gasteiger partial charge on any atom is -0.491 e. The van der Waals surface area contributed by atoms with Gasteiger partial charge in [-0.1, -0.05) is 36.4 Å². The Morgan fingerprint density at radius 1 is 1.17 bits per heavy atom. The maximum atomic E-state index is 12.7. The average Bonchev–Trinajstić information content (AvgIpc) is 2.82. The van der Waals surface area contributed by atoms with E-state index in [1.54, 1.807) is 4.90 Å². The zero-order valence-electron chi connectivity index (χ0n) is 13.8. The number of nitrogens with one attached hydrogen (secondary N) is 1. The van der Waals surface area contributed by atoms with Gasteiger partial charge in [0.1, 0.15) is 18.4 Å². The van der Waals surface area contributed by atoms with Gasteiger partial charge in [0, 0.05) is 18.2 Å². The number of hydrogen-bond acceptors (Lipinski definition) is 3. The second-order valence-electron chi connectivity index (χ2n) is 5.80. The second-order valence-corrected chi connectivity index (χ2v) is 5.80. The molecule has 0 fully saturated rings. The second kappa shape index (κ2) is 6.74. The highest BCUT2D eigenvalue weighted by atomic mass is 16.5. The first kappa shape index (κ1) is 16.1. The molecule has 0 unspecified atom stereocenters. The van der Waals surface area contributed by atoms with E-state index in [1.165, 1.54) is 6.92 Å². The molecule has 1 N–H and O–H groups in total. The summed E-state index contributed by atoms with van der Waals surface area (Å²) in [5.41, 5.74) is 2.71. The molecule has 24 heavy (non-hydrogen) atoms. The highest BCUT2D eigenvalue weighted by Crippen LogP contribution is 2.35. The Bertz CT molecular complexity index is 773. The summed E-state index contributed by atoms with van der Waals surface area (Å²) in [6.45, 7) is 4.22. The molecule has 1 heterocycles. The number of hydrogen-bond donors (Lipinski definition) is 1. The van der Waals surface area contributed by atoms with Crippen molar-refractivity contribution in [2.75, 3.05) is 18.1 Å². The number of aryl methyl sites for hydroxylation is 1. The molecule has 0 saturated carbocycles. The maximum Gasteiger partial charge on any atom is 0.254 e. The largest absolute Gasteiger partial charge is 0.491 e. The van der Waals surface area contributed by atoms with Crippen molar-refractivity contribution in [1.82, 2.24) is 5.32 Å². The zero-order valence-corrected chi connectivity index (χ0v) is 13.8. The molecule has 0 aliphatic carbocycles. The lowest BCUT2D eigenvalue weighted by Gasteiger charge is -2.19. The summed E-state index contributed by atoms with van der Waals surface area (Å²) in [6.07, 6.45) is 0. The lowest BCUT2D eigenvalue weighted by atomic mass is 10.1. The fourth-order valence-corrected chi connectivity index (χ4v) is 2.92. The van der Waals surface area contributed by atoms with Crippen molar-refractivity contribution in [3.05, 3.63) is 59.7 Å². The summed E-state index contributed by atoms with van der Waals surface area (Å²) >= 11 is 0. The van der Waals surface area contributed by atoms with E-state index in [1.807, 2.05) is 55.5 Å². The number of rotatable bonds is 5. The molecule has 1 aliphatic rings. The Morgan fingerprint density at radius 3 is 2.62 bits per heavy atom.